The number of fused-ring (bicyclic) bond motifs is 1. The molecule has 0 aromatic heterocycles. The van der Waals surface area contributed by atoms with Gasteiger partial charge in [-0.3, -0.25) is 0 Å². The van der Waals surface area contributed by atoms with Crippen LogP contribution in [-0.4, -0.2) is 19.3 Å². The summed E-state index contributed by atoms with van der Waals surface area (Å²) in [6, 6.07) is 4.48. The van der Waals surface area contributed by atoms with E-state index >= 15 is 0 Å². The minimum Gasteiger partial charge on any atom is -0.454 e. The second-order valence-corrected chi connectivity index (χ2v) is 3.56. The number of hydrogen-bond acceptors (Lipinski definition) is 3. The topological polar surface area (TPSA) is 30.5 Å². The Balaban J connectivity index is 2.14. The number of benzene rings is 1. The predicted octanol–water partition coefficient (Wildman–Crippen LogP) is 1.96. The first-order valence-electron chi connectivity index (χ1n) is 6.57. The summed E-state index contributed by atoms with van der Waals surface area (Å²) in [4.78, 5) is 0. The van der Waals surface area contributed by atoms with Crippen molar-refractivity contribution in [2.75, 3.05) is 13.3 Å². The highest BCUT2D eigenvalue weighted by Crippen LogP contribution is 2.32. The number of hydrogen-bond donors (Lipinski definition) is 1. The van der Waals surface area contributed by atoms with E-state index in [1.807, 2.05) is 13.0 Å². The van der Waals surface area contributed by atoms with Gasteiger partial charge in [-0.15, -0.1) is 0 Å². The van der Waals surface area contributed by atoms with E-state index in [0.717, 1.165) is 12.1 Å². The fourth-order valence-corrected chi connectivity index (χ4v) is 1.61. The Morgan fingerprint density at radius 3 is 3.13 bits per heavy atom. The summed E-state index contributed by atoms with van der Waals surface area (Å²) in [5.41, 5.74) is 0.911. The van der Waals surface area contributed by atoms with Crippen molar-refractivity contribution in [3.8, 4) is 11.5 Å². The molecule has 2 rings (SSSR count). The molecule has 0 saturated carbocycles. The third-order valence-corrected chi connectivity index (χ3v) is 2.26. The van der Waals surface area contributed by atoms with E-state index in [9.17, 15) is 0 Å². The van der Waals surface area contributed by atoms with Gasteiger partial charge in [-0.2, -0.15) is 0 Å². The van der Waals surface area contributed by atoms with Gasteiger partial charge < -0.3 is 14.8 Å². The lowest BCUT2D eigenvalue weighted by atomic mass is 10.1. The van der Waals surface area contributed by atoms with Crippen LogP contribution in [0, 0.1) is 0 Å². The van der Waals surface area contributed by atoms with Gasteiger partial charge in [-0.25, -0.2) is 0 Å². The van der Waals surface area contributed by atoms with Crippen LogP contribution in [0.3, 0.4) is 0 Å². The van der Waals surface area contributed by atoms with E-state index in [-0.39, 0.29) is 0 Å². The van der Waals surface area contributed by atoms with Crippen LogP contribution in [0.1, 0.15) is 23.5 Å². The van der Waals surface area contributed by atoms with Gasteiger partial charge >= 0.3 is 0 Å². The highest BCUT2D eigenvalue weighted by molar-refractivity contribution is 5.44. The molecular formula is C12H17NO2. The van der Waals surface area contributed by atoms with Gasteiger partial charge in [0, 0.05) is 7.39 Å². The second-order valence-electron chi connectivity index (χ2n) is 3.56. The molecule has 0 bridgehead atoms. The highest BCUT2D eigenvalue weighted by atomic mass is 16.7. The molecule has 1 aliphatic rings. The summed E-state index contributed by atoms with van der Waals surface area (Å²) in [5.74, 6) is 0.795. The molecular weight excluding hydrogens is 190 g/mol. The molecule has 0 fully saturated rings. The standard InChI is InChI=1S/C12H17NO2/c1-3-13-9(2)6-10-4-5-11-12(7-10)15-8-14-11/h4-5,7,9,13H,3,6,8H2,1-2H3/t9-/m0/s1/i8D2,9D. The van der Waals surface area contributed by atoms with Gasteiger partial charge in [0.15, 0.2) is 11.5 Å². The van der Waals surface area contributed by atoms with Crippen molar-refractivity contribution in [1.82, 2.24) is 5.32 Å². The van der Waals surface area contributed by atoms with E-state index in [1.54, 1.807) is 19.1 Å². The number of rotatable bonds is 4. The summed E-state index contributed by atoms with van der Waals surface area (Å²) in [7, 11) is 0. The van der Waals surface area contributed by atoms with Crippen molar-refractivity contribution in [3.05, 3.63) is 23.8 Å². The molecule has 1 N–H and O–H groups in total. The third kappa shape index (κ3) is 2.42. The molecule has 0 spiro atoms. The van der Waals surface area contributed by atoms with Gasteiger partial charge in [0.25, 0.3) is 0 Å². The smallest absolute Gasteiger partial charge is 0.231 e. The Morgan fingerprint density at radius 1 is 1.53 bits per heavy atom. The van der Waals surface area contributed by atoms with Crippen LogP contribution in [0.2, 0.25) is 0 Å². The lowest BCUT2D eigenvalue weighted by Crippen LogP contribution is -2.27. The van der Waals surface area contributed by atoms with Gasteiger partial charge in [0.1, 0.15) is 2.74 Å². The van der Waals surface area contributed by atoms with Crippen LogP contribution in [0.4, 0.5) is 0 Å². The molecule has 0 aliphatic carbocycles. The number of nitrogens with one attached hydrogen (secondary N) is 1. The van der Waals surface area contributed by atoms with E-state index in [4.69, 9.17) is 13.6 Å². The normalized spacial score (nSPS) is 23.7. The van der Waals surface area contributed by atoms with Gasteiger partial charge in [-0.05, 0) is 37.6 Å². The van der Waals surface area contributed by atoms with Crippen LogP contribution in [0.15, 0.2) is 18.2 Å². The van der Waals surface area contributed by atoms with E-state index in [0.29, 0.717) is 17.9 Å². The minimum absolute atomic E-state index is 0.393. The van der Waals surface area contributed by atoms with E-state index in [2.05, 4.69) is 5.32 Å². The lowest BCUT2D eigenvalue weighted by Gasteiger charge is -2.12. The van der Waals surface area contributed by atoms with Crippen molar-refractivity contribution in [3.63, 3.8) is 0 Å². The number of ether oxygens (including phenoxy) is 2. The molecule has 3 heteroatoms. The SMILES string of the molecule is [2H]C1([2H])Oc2ccc(C[C@]([2H])(C)NCC)cc2O1. The zero-order chi connectivity index (χ0) is 13.4. The predicted molar refractivity (Wildman–Crippen MR) is 59.4 cm³/mol. The second kappa shape index (κ2) is 4.53. The maximum absolute atomic E-state index is 8.08. The lowest BCUT2D eigenvalue weighted by molar-refractivity contribution is 0.174. The van der Waals surface area contributed by atoms with Crippen LogP contribution in [0.5, 0.6) is 11.5 Å². The monoisotopic (exact) mass is 210 g/mol. The first-order chi connectivity index (χ1) is 8.31. The first kappa shape index (κ1) is 7.12. The molecule has 0 radical (unpaired) electrons. The van der Waals surface area contributed by atoms with Gasteiger partial charge in [0.05, 0.1) is 0 Å². The van der Waals surface area contributed by atoms with Crippen LogP contribution >= 0.6 is 0 Å². The van der Waals surface area contributed by atoms with Gasteiger partial charge in [-0.1, -0.05) is 13.0 Å². The summed E-state index contributed by atoms with van der Waals surface area (Å²) in [5, 5.41) is 3.07. The molecule has 82 valence electrons. The summed E-state index contributed by atoms with van der Waals surface area (Å²) in [6.45, 7) is 2.40. The maximum atomic E-state index is 8.08. The molecule has 1 heterocycles. The highest BCUT2D eigenvalue weighted by Gasteiger charge is 2.13. The van der Waals surface area contributed by atoms with Crippen molar-refractivity contribution < 1.29 is 13.6 Å². The number of likely N-dealkylation sites (N-methyl/N-ethyl adjacent to an activating group) is 1. The maximum Gasteiger partial charge on any atom is 0.231 e. The van der Waals surface area contributed by atoms with Crippen LogP contribution in [-0.2, 0) is 6.42 Å². The van der Waals surface area contributed by atoms with Crippen molar-refractivity contribution in [1.29, 1.82) is 0 Å². The molecule has 1 aromatic rings. The van der Waals surface area contributed by atoms with Crippen molar-refractivity contribution >= 4 is 0 Å². The largest absolute Gasteiger partial charge is 0.454 e. The zero-order valence-electron chi connectivity index (χ0n) is 12.0. The molecule has 1 atom stereocenters. The molecule has 1 aliphatic heterocycles. The van der Waals surface area contributed by atoms with Crippen molar-refractivity contribution in [2.24, 2.45) is 0 Å². The zero-order valence-corrected chi connectivity index (χ0v) is 8.96. The summed E-state index contributed by atoms with van der Waals surface area (Å²) < 4.78 is 32.8. The van der Waals surface area contributed by atoms with E-state index in [1.165, 1.54) is 0 Å². The minimum atomic E-state index is -2.09. The summed E-state index contributed by atoms with van der Waals surface area (Å²) >= 11 is 0. The fraction of sp³-hybridized carbons (Fsp3) is 0.500. The third-order valence-electron chi connectivity index (χ3n) is 2.26. The van der Waals surface area contributed by atoms with Gasteiger partial charge in [0.2, 0.25) is 6.75 Å². The van der Waals surface area contributed by atoms with Crippen LogP contribution in [0.25, 0.3) is 0 Å². The molecule has 3 nitrogen and oxygen atoms in total. The Bertz CT molecular complexity index is 449. The molecule has 15 heavy (non-hydrogen) atoms. The molecule has 0 unspecified atom stereocenters. The Morgan fingerprint density at radius 2 is 2.33 bits per heavy atom. The fourth-order valence-electron chi connectivity index (χ4n) is 1.61. The quantitative estimate of drug-likeness (QED) is 0.824. The first-order valence-corrected chi connectivity index (χ1v) is 5.07. The average Bonchev–Trinajstić information content (AvgIpc) is 2.50. The Hall–Kier alpha value is -1.22. The molecule has 0 amide bonds. The van der Waals surface area contributed by atoms with Crippen LogP contribution < -0.4 is 14.8 Å². The average molecular weight is 210 g/mol. The summed E-state index contributed by atoms with van der Waals surface area (Å²) in [6.07, 6.45) is 0.514. The molecule has 0 saturated heterocycles. The van der Waals surface area contributed by atoms with E-state index < -0.39 is 12.8 Å². The molecule has 1 aromatic carbocycles. The Kier molecular flexibility index (Phi) is 2.15. The Labute approximate surface area is 94.6 Å². The van der Waals surface area contributed by atoms with Crippen molar-refractivity contribution in [2.45, 2.75) is 26.3 Å².